The largest absolute Gasteiger partial charge is 0.456 e. The van der Waals surface area contributed by atoms with Crippen molar-refractivity contribution in [3.8, 4) is 17.1 Å². The zero-order valence-electron chi connectivity index (χ0n) is 19.0. The number of H-pyrrole nitrogens is 1. The number of aromatic nitrogens is 4. The molecular weight excluding hydrogens is 491 g/mol. The van der Waals surface area contributed by atoms with Gasteiger partial charge in [-0.3, -0.25) is 0 Å². The highest BCUT2D eigenvalue weighted by Gasteiger charge is 2.48. The van der Waals surface area contributed by atoms with E-state index < -0.39 is 6.10 Å². The third-order valence-corrected chi connectivity index (χ3v) is 7.64. The van der Waals surface area contributed by atoms with Crippen molar-refractivity contribution in [2.75, 3.05) is 13.2 Å². The van der Waals surface area contributed by atoms with Crippen molar-refractivity contribution in [1.29, 1.82) is 0 Å². The summed E-state index contributed by atoms with van der Waals surface area (Å²) in [7, 11) is 0. The lowest BCUT2D eigenvalue weighted by molar-refractivity contribution is 0.00706. The maximum atomic E-state index is 15.2. The molecule has 2 fully saturated rings. The number of pyridine rings is 1. The van der Waals surface area contributed by atoms with Gasteiger partial charge in [-0.15, -0.1) is 0 Å². The monoisotopic (exact) mass is 512 g/mol. The minimum atomic E-state index is -0.651. The van der Waals surface area contributed by atoms with Gasteiger partial charge in [0.1, 0.15) is 30.4 Å². The van der Waals surface area contributed by atoms with E-state index in [4.69, 9.17) is 30.3 Å². The molecular formula is C25H22ClFN4O5. The predicted molar refractivity (Wildman–Crippen MR) is 125 cm³/mol. The summed E-state index contributed by atoms with van der Waals surface area (Å²) in [6.07, 6.45) is 3.40. The number of aryl methyl sites for hydroxylation is 1. The number of hydrogen-bond acceptors (Lipinski definition) is 8. The van der Waals surface area contributed by atoms with Crippen molar-refractivity contribution in [2.24, 2.45) is 0 Å². The Labute approximate surface area is 209 Å². The number of halogens is 2. The van der Waals surface area contributed by atoms with E-state index in [0.29, 0.717) is 40.5 Å². The Balaban J connectivity index is 1.12. The molecule has 2 saturated heterocycles. The van der Waals surface area contributed by atoms with Gasteiger partial charge in [0.2, 0.25) is 0 Å². The zero-order chi connectivity index (χ0) is 24.4. The predicted octanol–water partition coefficient (Wildman–Crippen LogP) is 3.58. The smallest absolute Gasteiger partial charge is 0.296 e. The van der Waals surface area contributed by atoms with Gasteiger partial charge in [0.15, 0.2) is 11.8 Å². The van der Waals surface area contributed by atoms with E-state index in [-0.39, 0.29) is 42.7 Å². The van der Waals surface area contributed by atoms with Crippen LogP contribution in [0.2, 0.25) is 5.02 Å². The van der Waals surface area contributed by atoms with Crippen LogP contribution in [-0.4, -0.2) is 62.8 Å². The number of benzene rings is 1. The van der Waals surface area contributed by atoms with Crippen LogP contribution in [0.3, 0.4) is 0 Å². The summed E-state index contributed by atoms with van der Waals surface area (Å²) in [4.78, 5) is 12.2. The molecule has 3 aliphatic rings. The summed E-state index contributed by atoms with van der Waals surface area (Å²) in [6, 6.07) is 5.59. The molecule has 2 aliphatic heterocycles. The standard InChI is InChI=1S/C25H22ClFN4O5/c26-15-6-18-24(31-25(30-18)36-20-10-34-22-19(32)9-33-23(20)22)29-17(15)5-12-2-1-11-3-13(4-16(27)21(11)12)14-7-28-35-8-14/h3-4,6-8,12,19-20,22-23,32H,1-2,5,9-10H2,(H,29,30,31)/t12-,19-,20-,22-,23-/m1/s1. The number of nitrogens with one attached hydrogen (secondary N) is 1. The van der Waals surface area contributed by atoms with Gasteiger partial charge in [0, 0.05) is 5.56 Å². The third kappa shape index (κ3) is 3.67. The fourth-order valence-corrected chi connectivity index (χ4v) is 5.81. The molecule has 1 aromatic carbocycles. The average Bonchev–Trinajstić information content (AvgIpc) is 3.66. The number of nitrogens with zero attached hydrogens (tertiary/aromatic N) is 3. The number of imidazole rings is 1. The van der Waals surface area contributed by atoms with Crippen LogP contribution in [-0.2, 0) is 22.3 Å². The Hall–Kier alpha value is -3.05. The van der Waals surface area contributed by atoms with Gasteiger partial charge in [-0.05, 0) is 54.0 Å². The molecule has 186 valence electrons. The number of ether oxygens (including phenoxy) is 3. The lowest BCUT2D eigenvalue weighted by atomic mass is 9.93. The molecule has 4 aromatic rings. The van der Waals surface area contributed by atoms with Gasteiger partial charge in [-0.25, -0.2) is 9.37 Å². The first-order chi connectivity index (χ1) is 17.5. The fraction of sp³-hybridized carbons (Fsp3) is 0.400. The summed E-state index contributed by atoms with van der Waals surface area (Å²) in [5, 5.41) is 14.1. The fourth-order valence-electron chi connectivity index (χ4n) is 5.58. The summed E-state index contributed by atoms with van der Waals surface area (Å²) in [5.74, 6) is -0.276. The first-order valence-corrected chi connectivity index (χ1v) is 12.3. The van der Waals surface area contributed by atoms with E-state index in [9.17, 15) is 5.11 Å². The molecule has 5 atom stereocenters. The van der Waals surface area contributed by atoms with Crippen LogP contribution < -0.4 is 4.74 Å². The van der Waals surface area contributed by atoms with Crippen LogP contribution >= 0.6 is 11.6 Å². The Kier molecular flexibility index (Phi) is 5.24. The molecule has 3 aromatic heterocycles. The lowest BCUT2D eigenvalue weighted by Gasteiger charge is -2.15. The molecule has 0 radical (unpaired) electrons. The molecule has 2 N–H and O–H groups in total. The summed E-state index contributed by atoms with van der Waals surface area (Å²) in [5.41, 5.74) is 4.98. The number of rotatable bonds is 5. The number of aliphatic hydroxyl groups excluding tert-OH is 1. The molecule has 0 bridgehead atoms. The number of hydrogen-bond donors (Lipinski definition) is 2. The van der Waals surface area contributed by atoms with Crippen molar-refractivity contribution >= 4 is 22.8 Å². The second-order valence-corrected chi connectivity index (χ2v) is 9.94. The SMILES string of the molecule is O[C@@H]1CO[C@H]2[C@@H]1OC[C@H]2Oc1nc2nc(C[C@H]3CCc4cc(-c5cnoc5)cc(F)c43)c(Cl)cc2[nH]1. The molecule has 0 amide bonds. The number of aromatic amines is 1. The van der Waals surface area contributed by atoms with Gasteiger partial charge in [0.25, 0.3) is 6.01 Å². The van der Waals surface area contributed by atoms with E-state index >= 15 is 4.39 Å². The molecule has 11 heteroatoms. The maximum Gasteiger partial charge on any atom is 0.296 e. The zero-order valence-corrected chi connectivity index (χ0v) is 19.7. The Morgan fingerprint density at radius 1 is 1.14 bits per heavy atom. The van der Waals surface area contributed by atoms with Gasteiger partial charge in [-0.1, -0.05) is 22.8 Å². The van der Waals surface area contributed by atoms with Crippen molar-refractivity contribution in [3.63, 3.8) is 0 Å². The Bertz CT molecular complexity index is 1440. The van der Waals surface area contributed by atoms with Crippen molar-refractivity contribution in [3.05, 3.63) is 58.3 Å². The van der Waals surface area contributed by atoms with E-state index in [1.807, 2.05) is 6.07 Å². The topological polar surface area (TPSA) is 116 Å². The van der Waals surface area contributed by atoms with Crippen LogP contribution in [0.5, 0.6) is 6.01 Å². The van der Waals surface area contributed by atoms with Crippen LogP contribution in [0.4, 0.5) is 4.39 Å². The van der Waals surface area contributed by atoms with Crippen molar-refractivity contribution in [2.45, 2.75) is 49.6 Å². The normalized spacial score (nSPS) is 27.0. The quantitative estimate of drug-likeness (QED) is 0.417. The lowest BCUT2D eigenvalue weighted by Crippen LogP contribution is -2.34. The minimum absolute atomic E-state index is 0.0350. The molecule has 5 heterocycles. The minimum Gasteiger partial charge on any atom is -0.456 e. The van der Waals surface area contributed by atoms with Crippen LogP contribution in [0.25, 0.3) is 22.3 Å². The second kappa shape index (κ2) is 8.52. The third-order valence-electron chi connectivity index (χ3n) is 7.31. The van der Waals surface area contributed by atoms with E-state index in [1.165, 1.54) is 12.3 Å². The van der Waals surface area contributed by atoms with E-state index in [0.717, 1.165) is 29.5 Å². The van der Waals surface area contributed by atoms with Gasteiger partial charge in [-0.2, -0.15) is 4.98 Å². The average molecular weight is 513 g/mol. The highest BCUT2D eigenvalue weighted by Crippen LogP contribution is 2.40. The maximum absolute atomic E-state index is 15.2. The second-order valence-electron chi connectivity index (χ2n) is 9.53. The van der Waals surface area contributed by atoms with Gasteiger partial charge in [0.05, 0.1) is 35.6 Å². The van der Waals surface area contributed by atoms with Crippen molar-refractivity contribution < 1.29 is 28.2 Å². The highest BCUT2D eigenvalue weighted by molar-refractivity contribution is 6.31. The first-order valence-electron chi connectivity index (χ1n) is 11.9. The molecule has 9 nitrogen and oxygen atoms in total. The van der Waals surface area contributed by atoms with Crippen molar-refractivity contribution in [1.82, 2.24) is 20.1 Å². The Morgan fingerprint density at radius 2 is 2.03 bits per heavy atom. The Morgan fingerprint density at radius 3 is 2.89 bits per heavy atom. The number of aliphatic hydroxyl groups is 1. The van der Waals surface area contributed by atoms with Crippen LogP contribution in [0.1, 0.15) is 29.2 Å². The highest BCUT2D eigenvalue weighted by atomic mass is 35.5. The number of fused-ring (bicyclic) bond motifs is 3. The summed E-state index contributed by atoms with van der Waals surface area (Å²) in [6.45, 7) is 0.525. The summed E-state index contributed by atoms with van der Waals surface area (Å²) < 4.78 is 37.3. The molecule has 1 aliphatic carbocycles. The van der Waals surface area contributed by atoms with Gasteiger partial charge >= 0.3 is 0 Å². The van der Waals surface area contributed by atoms with Crippen LogP contribution in [0, 0.1) is 5.82 Å². The molecule has 0 saturated carbocycles. The molecule has 0 spiro atoms. The summed E-state index contributed by atoms with van der Waals surface area (Å²) >= 11 is 6.58. The molecule has 36 heavy (non-hydrogen) atoms. The molecule has 0 unspecified atom stereocenters. The van der Waals surface area contributed by atoms with Crippen LogP contribution in [0.15, 0.2) is 35.2 Å². The van der Waals surface area contributed by atoms with Gasteiger partial charge < -0.3 is 28.8 Å². The first kappa shape index (κ1) is 22.2. The molecule has 7 rings (SSSR count). The van der Waals surface area contributed by atoms with E-state index in [2.05, 4.69) is 20.1 Å². The van der Waals surface area contributed by atoms with E-state index in [1.54, 1.807) is 12.3 Å².